The van der Waals surface area contributed by atoms with E-state index in [4.69, 9.17) is 0 Å². The van der Waals surface area contributed by atoms with Gasteiger partial charge < -0.3 is 10.4 Å². The van der Waals surface area contributed by atoms with Crippen molar-refractivity contribution in [1.82, 2.24) is 15.7 Å². The minimum absolute atomic E-state index is 0.0962. The normalized spacial score (nSPS) is 24.9. The van der Waals surface area contributed by atoms with Crippen LogP contribution in [0.25, 0.3) is 0 Å². The second kappa shape index (κ2) is 6.87. The van der Waals surface area contributed by atoms with Crippen molar-refractivity contribution in [2.45, 2.75) is 44.2 Å². The highest BCUT2D eigenvalue weighted by Crippen LogP contribution is 2.31. The van der Waals surface area contributed by atoms with Crippen molar-refractivity contribution in [2.24, 2.45) is 11.0 Å². The topological polar surface area (TPSA) is 104 Å². The highest BCUT2D eigenvalue weighted by molar-refractivity contribution is 6.39. The summed E-state index contributed by atoms with van der Waals surface area (Å²) in [6.07, 6.45) is 4.05. The molecule has 2 amide bonds. The van der Waals surface area contributed by atoms with Crippen LogP contribution in [0, 0.1) is 5.92 Å². The van der Waals surface area contributed by atoms with E-state index in [0.29, 0.717) is 31.4 Å². The summed E-state index contributed by atoms with van der Waals surface area (Å²) < 4.78 is 0. The maximum Gasteiger partial charge on any atom is 0.267 e. The minimum Gasteiger partial charge on any atom is -0.393 e. The fourth-order valence-corrected chi connectivity index (χ4v) is 2.93. The predicted octanol–water partition coefficient (Wildman–Crippen LogP) is 0.146. The van der Waals surface area contributed by atoms with Gasteiger partial charge in [0.2, 0.25) is 5.91 Å². The number of carbonyl (C=O) groups excluding carboxylic acids is 2. The molecule has 2 heterocycles. The van der Waals surface area contributed by atoms with Crippen LogP contribution in [0.2, 0.25) is 0 Å². The predicted molar refractivity (Wildman–Crippen MR) is 83.4 cm³/mol. The van der Waals surface area contributed by atoms with Gasteiger partial charge in [-0.15, -0.1) is 0 Å². The molecule has 1 aromatic heterocycles. The van der Waals surface area contributed by atoms with Crippen LogP contribution in [0.3, 0.4) is 0 Å². The number of nitrogens with zero attached hydrogens (tertiary/aromatic N) is 2. The number of aliphatic hydroxyl groups excluding tert-OH is 1. The van der Waals surface area contributed by atoms with E-state index in [1.54, 1.807) is 6.20 Å². The van der Waals surface area contributed by atoms with Crippen LogP contribution in [0.4, 0.5) is 0 Å². The molecule has 1 aliphatic heterocycles. The van der Waals surface area contributed by atoms with Gasteiger partial charge in [0.1, 0.15) is 5.71 Å². The van der Waals surface area contributed by atoms with Crippen molar-refractivity contribution in [1.29, 1.82) is 0 Å². The second-order valence-electron chi connectivity index (χ2n) is 6.08. The van der Waals surface area contributed by atoms with Gasteiger partial charge in [-0.3, -0.25) is 14.6 Å². The highest BCUT2D eigenvalue weighted by Gasteiger charge is 2.35. The smallest absolute Gasteiger partial charge is 0.267 e. The van der Waals surface area contributed by atoms with E-state index in [0.717, 1.165) is 5.69 Å². The van der Waals surface area contributed by atoms with Crippen LogP contribution in [0.15, 0.2) is 29.5 Å². The molecule has 3 rings (SSSR count). The number of nitrogens with one attached hydrogen (secondary N) is 2. The number of aliphatic hydroxyl groups is 1. The SMILES string of the molecule is O=C1CCC(C(=O)N[C@@H](Cc2ccccn2)C2CC(O)C2)=NN1. The molecule has 0 aromatic carbocycles. The Labute approximate surface area is 134 Å². The lowest BCUT2D eigenvalue weighted by molar-refractivity contribution is -0.121. The first kappa shape index (κ1) is 15.6. The number of amides is 2. The van der Waals surface area contributed by atoms with E-state index in [9.17, 15) is 14.7 Å². The Morgan fingerprint density at radius 2 is 2.22 bits per heavy atom. The molecule has 0 unspecified atom stereocenters. The molecule has 0 spiro atoms. The summed E-state index contributed by atoms with van der Waals surface area (Å²) in [5.41, 5.74) is 3.58. The fourth-order valence-electron chi connectivity index (χ4n) is 2.93. The van der Waals surface area contributed by atoms with Crippen molar-refractivity contribution in [3.63, 3.8) is 0 Å². The van der Waals surface area contributed by atoms with Crippen LogP contribution in [-0.2, 0) is 16.0 Å². The summed E-state index contributed by atoms with van der Waals surface area (Å²) in [5, 5.41) is 16.4. The molecule has 23 heavy (non-hydrogen) atoms. The fraction of sp³-hybridized carbons (Fsp3) is 0.500. The molecule has 7 heteroatoms. The number of carbonyl (C=O) groups is 2. The Bertz CT molecular complexity index is 611. The molecular weight excluding hydrogens is 296 g/mol. The number of aromatic nitrogens is 1. The van der Waals surface area contributed by atoms with E-state index in [1.807, 2.05) is 18.2 Å². The van der Waals surface area contributed by atoms with E-state index < -0.39 is 0 Å². The standard InChI is InChI=1S/C16H20N4O3/c21-12-7-10(8-12)14(9-11-3-1-2-6-17-11)18-16(23)13-4-5-15(22)20-19-13/h1-3,6,10,12,14,21H,4-5,7-9H2,(H,18,23)(H,20,22)/t10?,12?,14-/m0/s1. The van der Waals surface area contributed by atoms with Crippen LogP contribution in [-0.4, -0.2) is 39.8 Å². The lowest BCUT2D eigenvalue weighted by atomic mass is 9.76. The summed E-state index contributed by atoms with van der Waals surface area (Å²) in [5.74, 6) is -0.198. The van der Waals surface area contributed by atoms with Crippen LogP contribution in [0.1, 0.15) is 31.4 Å². The molecule has 1 fully saturated rings. The zero-order chi connectivity index (χ0) is 16.2. The molecular formula is C16H20N4O3. The average molecular weight is 316 g/mol. The molecule has 1 saturated carbocycles. The van der Waals surface area contributed by atoms with Crippen molar-refractivity contribution in [2.75, 3.05) is 0 Å². The van der Waals surface area contributed by atoms with Gasteiger partial charge in [-0.05, 0) is 30.9 Å². The van der Waals surface area contributed by atoms with Gasteiger partial charge in [-0.2, -0.15) is 5.10 Å². The van der Waals surface area contributed by atoms with Crippen molar-refractivity contribution in [3.05, 3.63) is 30.1 Å². The summed E-state index contributed by atoms with van der Waals surface area (Å²) in [4.78, 5) is 27.8. The zero-order valence-corrected chi connectivity index (χ0v) is 12.7. The average Bonchev–Trinajstić information content (AvgIpc) is 2.53. The van der Waals surface area contributed by atoms with Gasteiger partial charge >= 0.3 is 0 Å². The molecule has 0 bridgehead atoms. The highest BCUT2D eigenvalue weighted by atomic mass is 16.3. The lowest BCUT2D eigenvalue weighted by Crippen LogP contribution is -2.50. The molecule has 0 saturated heterocycles. The van der Waals surface area contributed by atoms with Gasteiger partial charge in [-0.1, -0.05) is 6.07 Å². The number of pyridine rings is 1. The number of rotatable bonds is 5. The Morgan fingerprint density at radius 1 is 1.39 bits per heavy atom. The third-order valence-electron chi connectivity index (χ3n) is 4.36. The molecule has 0 radical (unpaired) electrons. The quantitative estimate of drug-likeness (QED) is 0.719. The van der Waals surface area contributed by atoms with Crippen LogP contribution >= 0.6 is 0 Å². The third-order valence-corrected chi connectivity index (χ3v) is 4.36. The third kappa shape index (κ3) is 3.92. The lowest BCUT2D eigenvalue weighted by Gasteiger charge is -2.38. The molecule has 2 aliphatic rings. The maximum atomic E-state index is 12.4. The van der Waals surface area contributed by atoms with E-state index in [2.05, 4.69) is 20.8 Å². The Hall–Kier alpha value is -2.28. The van der Waals surface area contributed by atoms with Crippen LogP contribution in [0.5, 0.6) is 0 Å². The monoisotopic (exact) mass is 316 g/mol. The van der Waals surface area contributed by atoms with Gasteiger partial charge in [0.15, 0.2) is 0 Å². The van der Waals surface area contributed by atoms with Crippen molar-refractivity contribution < 1.29 is 14.7 Å². The van der Waals surface area contributed by atoms with Gasteiger partial charge in [0.05, 0.1) is 6.10 Å². The number of hydrazone groups is 1. The molecule has 3 N–H and O–H groups in total. The van der Waals surface area contributed by atoms with Crippen molar-refractivity contribution >= 4 is 17.5 Å². The first-order valence-electron chi connectivity index (χ1n) is 7.86. The summed E-state index contributed by atoms with van der Waals surface area (Å²) in [6, 6.07) is 5.59. The molecule has 122 valence electrons. The Kier molecular flexibility index (Phi) is 4.66. The molecule has 1 aliphatic carbocycles. The Balaban J connectivity index is 1.66. The maximum absolute atomic E-state index is 12.4. The minimum atomic E-state index is -0.283. The molecule has 1 aromatic rings. The van der Waals surface area contributed by atoms with Gasteiger partial charge in [-0.25, -0.2) is 5.43 Å². The zero-order valence-electron chi connectivity index (χ0n) is 12.7. The first-order chi connectivity index (χ1) is 11.1. The van der Waals surface area contributed by atoms with E-state index >= 15 is 0 Å². The number of hydrogen-bond donors (Lipinski definition) is 3. The summed E-state index contributed by atoms with van der Waals surface area (Å²) >= 11 is 0. The van der Waals surface area contributed by atoms with E-state index in [1.165, 1.54) is 0 Å². The summed E-state index contributed by atoms with van der Waals surface area (Å²) in [7, 11) is 0. The molecule has 1 atom stereocenters. The first-order valence-corrected chi connectivity index (χ1v) is 7.86. The van der Waals surface area contributed by atoms with Gasteiger partial charge in [0, 0.05) is 37.2 Å². The summed E-state index contributed by atoms with van der Waals surface area (Å²) in [6.45, 7) is 0. The van der Waals surface area contributed by atoms with Crippen molar-refractivity contribution in [3.8, 4) is 0 Å². The second-order valence-corrected chi connectivity index (χ2v) is 6.08. The van der Waals surface area contributed by atoms with Crippen LogP contribution < -0.4 is 10.7 Å². The number of hydrogen-bond acceptors (Lipinski definition) is 5. The Morgan fingerprint density at radius 3 is 2.83 bits per heavy atom. The van der Waals surface area contributed by atoms with E-state index in [-0.39, 0.29) is 36.3 Å². The largest absolute Gasteiger partial charge is 0.393 e. The molecule has 7 nitrogen and oxygen atoms in total. The van der Waals surface area contributed by atoms with Gasteiger partial charge in [0.25, 0.3) is 5.91 Å².